The molecule has 0 unspecified atom stereocenters. The molecule has 0 fully saturated rings. The van der Waals surface area contributed by atoms with Crippen molar-refractivity contribution in [2.75, 3.05) is 18.0 Å². The molecule has 0 amide bonds. The average Bonchev–Trinajstić information content (AvgIpc) is 3.11. The molecule has 0 aliphatic heterocycles. The van der Waals surface area contributed by atoms with E-state index in [4.69, 9.17) is 4.42 Å². The molecule has 4 rings (SSSR count). The van der Waals surface area contributed by atoms with Crippen LogP contribution in [-0.4, -0.2) is 27.9 Å². The van der Waals surface area contributed by atoms with Crippen molar-refractivity contribution < 1.29 is 14.2 Å². The second kappa shape index (κ2) is 7.60. The Hall–Kier alpha value is -2.31. The molecule has 8 heteroatoms. The van der Waals surface area contributed by atoms with E-state index in [0.717, 1.165) is 29.0 Å². The molecule has 0 atom stereocenters. The van der Waals surface area contributed by atoms with E-state index in [1.807, 2.05) is 44.2 Å². The summed E-state index contributed by atoms with van der Waals surface area (Å²) in [6, 6.07) is 13.0. The van der Waals surface area contributed by atoms with Gasteiger partial charge in [0.15, 0.2) is 0 Å². The summed E-state index contributed by atoms with van der Waals surface area (Å²) in [5.41, 5.74) is 1.52. The van der Waals surface area contributed by atoms with Crippen LogP contribution in [0.2, 0.25) is 0 Å². The summed E-state index contributed by atoms with van der Waals surface area (Å²) < 4.78 is 6.50. The summed E-state index contributed by atoms with van der Waals surface area (Å²) in [6.45, 7) is 5.73. The van der Waals surface area contributed by atoms with Gasteiger partial charge >= 0.3 is 5.63 Å². The van der Waals surface area contributed by atoms with Crippen LogP contribution in [0.4, 0.5) is 5.69 Å². The molecule has 0 spiro atoms. The predicted octanol–water partition coefficient (Wildman–Crippen LogP) is 3.84. The summed E-state index contributed by atoms with van der Waals surface area (Å²) in [4.78, 5) is 39.7. The Bertz CT molecular complexity index is 1180. The summed E-state index contributed by atoms with van der Waals surface area (Å²) in [7, 11) is -2.52. The number of para-hydroxylation sites is 1. The quantitative estimate of drug-likeness (QED) is 0.381. The Morgan fingerprint density at radius 1 is 1.14 bits per heavy atom. The molecule has 2 N–H and O–H groups in total. The van der Waals surface area contributed by atoms with Gasteiger partial charge in [-0.3, -0.25) is 0 Å². The fourth-order valence-corrected chi connectivity index (χ4v) is 5.21. The van der Waals surface area contributed by atoms with Gasteiger partial charge < -0.3 is 19.1 Å². The number of nitrogens with zero attached hydrogens (tertiary/aromatic N) is 2. The summed E-state index contributed by atoms with van der Waals surface area (Å²) in [5.74, 6) is 0. The average molecular weight is 414 g/mol. The standard InChI is InChI=1S/C20H19N2O4PS/c1-3-22(4-2)12-9-10-13-15(11-12)26-20(23)17(18(13)27(24)25)19-21-14-7-5-6-8-16(14)28-19/h5-11,24-25H,3-4H2,1-2H3. The molecule has 2 aromatic carbocycles. The molecule has 28 heavy (non-hydrogen) atoms. The number of benzene rings is 2. The van der Waals surface area contributed by atoms with Gasteiger partial charge in [-0.15, -0.1) is 11.3 Å². The van der Waals surface area contributed by atoms with E-state index in [0.29, 0.717) is 16.0 Å². The second-order valence-electron chi connectivity index (χ2n) is 6.24. The van der Waals surface area contributed by atoms with Crippen LogP contribution >= 0.6 is 19.7 Å². The van der Waals surface area contributed by atoms with Crippen LogP contribution in [-0.2, 0) is 0 Å². The Labute approximate surface area is 166 Å². The van der Waals surface area contributed by atoms with E-state index in [1.165, 1.54) is 11.3 Å². The molecule has 0 bridgehead atoms. The van der Waals surface area contributed by atoms with Crippen molar-refractivity contribution in [2.24, 2.45) is 0 Å². The van der Waals surface area contributed by atoms with Gasteiger partial charge in [-0.1, -0.05) is 12.1 Å². The number of rotatable bonds is 5. The minimum atomic E-state index is -2.52. The monoisotopic (exact) mass is 414 g/mol. The van der Waals surface area contributed by atoms with Gasteiger partial charge in [0.05, 0.1) is 15.5 Å². The van der Waals surface area contributed by atoms with Gasteiger partial charge in [0, 0.05) is 30.2 Å². The van der Waals surface area contributed by atoms with Crippen molar-refractivity contribution in [1.29, 1.82) is 0 Å². The molecular weight excluding hydrogens is 395 g/mol. The molecule has 6 nitrogen and oxygen atoms in total. The van der Waals surface area contributed by atoms with Crippen molar-refractivity contribution in [3.63, 3.8) is 0 Å². The van der Waals surface area contributed by atoms with E-state index in [9.17, 15) is 14.6 Å². The topological polar surface area (TPSA) is 86.8 Å². The fraction of sp³-hybridized carbons (Fsp3) is 0.200. The van der Waals surface area contributed by atoms with E-state index >= 15 is 0 Å². The predicted molar refractivity (Wildman–Crippen MR) is 116 cm³/mol. The van der Waals surface area contributed by atoms with Crippen molar-refractivity contribution in [2.45, 2.75) is 13.8 Å². The summed E-state index contributed by atoms with van der Waals surface area (Å²) >= 11 is 1.33. The van der Waals surface area contributed by atoms with E-state index < -0.39 is 14.0 Å². The zero-order chi connectivity index (χ0) is 19.8. The smallest absolute Gasteiger partial charge is 0.347 e. The molecule has 2 heterocycles. The first kappa shape index (κ1) is 19.0. The van der Waals surface area contributed by atoms with Gasteiger partial charge in [-0.2, -0.15) is 0 Å². The lowest BCUT2D eigenvalue weighted by atomic mass is 10.1. The van der Waals surface area contributed by atoms with Crippen LogP contribution in [0.5, 0.6) is 0 Å². The Kier molecular flexibility index (Phi) is 5.17. The molecule has 0 saturated carbocycles. The van der Waals surface area contributed by atoms with Crippen LogP contribution < -0.4 is 15.8 Å². The third-order valence-electron chi connectivity index (χ3n) is 4.70. The molecule has 144 valence electrons. The Morgan fingerprint density at radius 3 is 2.57 bits per heavy atom. The van der Waals surface area contributed by atoms with Crippen molar-refractivity contribution in [3.8, 4) is 10.6 Å². The zero-order valence-electron chi connectivity index (χ0n) is 15.4. The van der Waals surface area contributed by atoms with Crippen LogP contribution in [0.25, 0.3) is 31.8 Å². The van der Waals surface area contributed by atoms with Crippen LogP contribution in [0.3, 0.4) is 0 Å². The zero-order valence-corrected chi connectivity index (χ0v) is 17.1. The maximum atomic E-state index is 12.8. The maximum Gasteiger partial charge on any atom is 0.347 e. The second-order valence-corrected chi connectivity index (χ2v) is 8.30. The summed E-state index contributed by atoms with van der Waals surface area (Å²) in [5, 5.41) is 1.13. The molecule has 0 aliphatic carbocycles. The van der Waals surface area contributed by atoms with Gasteiger partial charge in [0.2, 0.25) is 8.38 Å². The number of aromatic nitrogens is 1. The highest BCUT2D eigenvalue weighted by molar-refractivity contribution is 7.55. The van der Waals surface area contributed by atoms with Crippen LogP contribution in [0.15, 0.2) is 51.7 Å². The number of fused-ring (bicyclic) bond motifs is 2. The first-order valence-corrected chi connectivity index (χ1v) is 11.0. The SMILES string of the molecule is CCN(CC)c1ccc2c(P(O)O)c(-c3nc4ccccc4s3)c(=O)oc2c1. The lowest BCUT2D eigenvalue weighted by molar-refractivity contribution is 0.496. The third-order valence-corrected chi connectivity index (χ3v) is 6.62. The number of hydrogen-bond donors (Lipinski definition) is 2. The molecular formula is C20H19N2O4PS. The van der Waals surface area contributed by atoms with E-state index in [1.54, 1.807) is 12.1 Å². The van der Waals surface area contributed by atoms with Crippen LogP contribution in [0, 0.1) is 0 Å². The lowest BCUT2D eigenvalue weighted by Gasteiger charge is -2.21. The largest absolute Gasteiger partial charge is 0.422 e. The van der Waals surface area contributed by atoms with Gasteiger partial charge in [0.1, 0.15) is 16.2 Å². The fourth-order valence-electron chi connectivity index (χ4n) is 3.33. The maximum absolute atomic E-state index is 12.8. The number of anilines is 1. The molecule has 0 saturated heterocycles. The summed E-state index contributed by atoms with van der Waals surface area (Å²) in [6.07, 6.45) is 0. The lowest BCUT2D eigenvalue weighted by Crippen LogP contribution is -2.22. The highest BCUT2D eigenvalue weighted by Gasteiger charge is 2.24. The third kappa shape index (κ3) is 3.20. The Balaban J connectivity index is 1.99. The molecule has 0 radical (unpaired) electrons. The minimum Gasteiger partial charge on any atom is -0.422 e. The van der Waals surface area contributed by atoms with E-state index in [-0.39, 0.29) is 10.9 Å². The highest BCUT2D eigenvalue weighted by atomic mass is 32.1. The van der Waals surface area contributed by atoms with Crippen molar-refractivity contribution >= 4 is 51.9 Å². The minimum absolute atomic E-state index is 0.125. The van der Waals surface area contributed by atoms with Crippen molar-refractivity contribution in [3.05, 3.63) is 52.9 Å². The van der Waals surface area contributed by atoms with Crippen LogP contribution in [0.1, 0.15) is 13.8 Å². The first-order chi connectivity index (χ1) is 13.5. The molecule has 4 aromatic rings. The van der Waals surface area contributed by atoms with E-state index in [2.05, 4.69) is 9.88 Å². The number of thiazole rings is 1. The highest BCUT2D eigenvalue weighted by Crippen LogP contribution is 2.36. The van der Waals surface area contributed by atoms with Crippen molar-refractivity contribution in [1.82, 2.24) is 4.98 Å². The normalized spacial score (nSPS) is 11.6. The van der Waals surface area contributed by atoms with Gasteiger partial charge in [0.25, 0.3) is 0 Å². The van der Waals surface area contributed by atoms with Gasteiger partial charge in [-0.25, -0.2) is 9.78 Å². The molecule has 0 aliphatic rings. The Morgan fingerprint density at radius 2 is 1.89 bits per heavy atom. The molecule has 2 aromatic heterocycles. The van der Waals surface area contributed by atoms with Gasteiger partial charge in [-0.05, 0) is 38.1 Å². The first-order valence-electron chi connectivity index (χ1n) is 8.93. The number of hydrogen-bond acceptors (Lipinski definition) is 7.